The molecule has 0 bridgehead atoms. The molecule has 22 heavy (non-hydrogen) atoms. The van der Waals surface area contributed by atoms with Crippen molar-refractivity contribution in [1.29, 1.82) is 0 Å². The van der Waals surface area contributed by atoms with Gasteiger partial charge >= 0.3 is 0 Å². The molecule has 0 amide bonds. The van der Waals surface area contributed by atoms with Gasteiger partial charge in [-0.15, -0.1) is 0 Å². The summed E-state index contributed by atoms with van der Waals surface area (Å²) < 4.78 is 0.843. The second kappa shape index (κ2) is 5.07. The Morgan fingerprint density at radius 2 is 1.86 bits per heavy atom. The minimum Gasteiger partial charge on any atom is -0.299 e. The van der Waals surface area contributed by atoms with Gasteiger partial charge in [0.15, 0.2) is 0 Å². The molecule has 0 aromatic carbocycles. The van der Waals surface area contributed by atoms with Gasteiger partial charge in [0.25, 0.3) is 0 Å². The standard InChI is InChI=1S/C20H29IO/c1-12-10-17-15-5-4-13-11-14(21)6-8-19(13,2)16(15)7-9-20(17,3)18(12)22/h4,12,14-17H,5-11H2,1-3H3/t12?,14?,15-,16-,17+,19+,20+/m1/s1. The number of hydrogen-bond acceptors (Lipinski definition) is 1. The second-order valence-corrected chi connectivity index (χ2v) is 10.8. The maximum Gasteiger partial charge on any atom is 0.141 e. The Hall–Kier alpha value is 0.140. The lowest BCUT2D eigenvalue weighted by molar-refractivity contribution is -0.133. The van der Waals surface area contributed by atoms with Crippen molar-refractivity contribution < 1.29 is 4.79 Å². The normalized spacial score (nSPS) is 54.3. The van der Waals surface area contributed by atoms with Crippen LogP contribution in [0.4, 0.5) is 0 Å². The van der Waals surface area contributed by atoms with Crippen LogP contribution >= 0.6 is 22.6 Å². The zero-order valence-corrected chi connectivity index (χ0v) is 16.4. The number of hydrogen-bond donors (Lipinski definition) is 0. The zero-order chi connectivity index (χ0) is 15.7. The SMILES string of the molecule is CC1C[C@H]2[C@@H]3CC=C4CC(I)CC[C@]4(C)[C@@H]3CC[C@]2(C)C1=O. The molecular weight excluding hydrogens is 383 g/mol. The Bertz CT molecular complexity index is 538. The maximum atomic E-state index is 12.7. The highest BCUT2D eigenvalue weighted by molar-refractivity contribution is 14.1. The first kappa shape index (κ1) is 15.7. The highest BCUT2D eigenvalue weighted by atomic mass is 127. The molecule has 3 saturated carbocycles. The third-order valence-corrected chi connectivity index (χ3v) is 9.11. The zero-order valence-electron chi connectivity index (χ0n) is 14.2. The van der Waals surface area contributed by atoms with Crippen LogP contribution in [0.5, 0.6) is 0 Å². The smallest absolute Gasteiger partial charge is 0.141 e. The summed E-state index contributed by atoms with van der Waals surface area (Å²) in [5.41, 5.74) is 2.21. The van der Waals surface area contributed by atoms with Crippen LogP contribution in [0, 0.1) is 34.5 Å². The predicted molar refractivity (Wildman–Crippen MR) is 99.1 cm³/mol. The molecule has 0 radical (unpaired) electrons. The maximum absolute atomic E-state index is 12.7. The predicted octanol–water partition coefficient (Wildman–Crippen LogP) is 5.57. The summed E-state index contributed by atoms with van der Waals surface area (Å²) in [6.45, 7) is 7.03. The highest BCUT2D eigenvalue weighted by Gasteiger charge is 2.60. The number of alkyl halides is 1. The number of carbonyl (C=O) groups is 1. The second-order valence-electron chi connectivity index (χ2n) is 9.06. The fraction of sp³-hybridized carbons (Fsp3) is 0.850. The van der Waals surface area contributed by atoms with Gasteiger partial charge in [0, 0.05) is 15.3 Å². The highest BCUT2D eigenvalue weighted by Crippen LogP contribution is 2.64. The van der Waals surface area contributed by atoms with Gasteiger partial charge in [-0.1, -0.05) is 55.0 Å². The van der Waals surface area contributed by atoms with Crippen molar-refractivity contribution in [2.75, 3.05) is 0 Å². The number of allylic oxidation sites excluding steroid dienone is 2. The molecule has 0 heterocycles. The molecular formula is C20H29IO. The van der Waals surface area contributed by atoms with E-state index in [1.165, 1.54) is 32.1 Å². The lowest BCUT2D eigenvalue weighted by atomic mass is 9.48. The lowest BCUT2D eigenvalue weighted by Gasteiger charge is -2.56. The van der Waals surface area contributed by atoms with Crippen molar-refractivity contribution in [2.24, 2.45) is 34.5 Å². The van der Waals surface area contributed by atoms with Crippen molar-refractivity contribution in [3.05, 3.63) is 11.6 Å². The topological polar surface area (TPSA) is 17.1 Å². The summed E-state index contributed by atoms with van der Waals surface area (Å²) in [5, 5.41) is 0. The fourth-order valence-corrected chi connectivity index (χ4v) is 7.51. The van der Waals surface area contributed by atoms with E-state index in [1.54, 1.807) is 5.57 Å². The van der Waals surface area contributed by atoms with Crippen molar-refractivity contribution in [3.8, 4) is 0 Å². The van der Waals surface area contributed by atoms with Gasteiger partial charge in [0.05, 0.1) is 0 Å². The molecule has 0 saturated heterocycles. The molecule has 0 aromatic rings. The Balaban J connectivity index is 1.70. The van der Waals surface area contributed by atoms with Crippen LogP contribution < -0.4 is 0 Å². The van der Waals surface area contributed by atoms with Crippen LogP contribution in [0.1, 0.15) is 65.7 Å². The number of ketones is 1. The van der Waals surface area contributed by atoms with Gasteiger partial charge in [0.2, 0.25) is 0 Å². The molecule has 4 aliphatic carbocycles. The summed E-state index contributed by atoms with van der Waals surface area (Å²) in [6.07, 6.45) is 11.5. The average molecular weight is 412 g/mol. The first-order chi connectivity index (χ1) is 10.4. The van der Waals surface area contributed by atoms with E-state index in [1.807, 2.05) is 0 Å². The van der Waals surface area contributed by atoms with Crippen LogP contribution in [0.25, 0.3) is 0 Å². The van der Waals surface area contributed by atoms with Gasteiger partial charge in [-0.3, -0.25) is 4.79 Å². The number of halogens is 1. The van der Waals surface area contributed by atoms with E-state index >= 15 is 0 Å². The third kappa shape index (κ3) is 1.97. The Morgan fingerprint density at radius 1 is 1.14 bits per heavy atom. The minimum atomic E-state index is 0.00273. The molecule has 4 rings (SSSR count). The van der Waals surface area contributed by atoms with Gasteiger partial charge < -0.3 is 0 Å². The van der Waals surface area contributed by atoms with Gasteiger partial charge in [0.1, 0.15) is 5.78 Å². The summed E-state index contributed by atoms with van der Waals surface area (Å²) in [5.74, 6) is 3.14. The van der Waals surface area contributed by atoms with Crippen molar-refractivity contribution in [2.45, 2.75) is 69.6 Å². The monoisotopic (exact) mass is 412 g/mol. The molecule has 0 aromatic heterocycles. The van der Waals surface area contributed by atoms with E-state index in [0.717, 1.165) is 28.6 Å². The van der Waals surface area contributed by atoms with Crippen LogP contribution in [0.3, 0.4) is 0 Å². The summed E-state index contributed by atoms with van der Waals surface area (Å²) >= 11 is 2.65. The van der Waals surface area contributed by atoms with Crippen LogP contribution in [-0.2, 0) is 4.79 Å². The molecule has 3 fully saturated rings. The molecule has 4 aliphatic rings. The van der Waals surface area contributed by atoms with E-state index in [-0.39, 0.29) is 5.41 Å². The van der Waals surface area contributed by atoms with Crippen LogP contribution in [0.15, 0.2) is 11.6 Å². The molecule has 122 valence electrons. The van der Waals surface area contributed by atoms with E-state index in [9.17, 15) is 4.79 Å². The van der Waals surface area contributed by atoms with Crippen molar-refractivity contribution in [3.63, 3.8) is 0 Å². The van der Waals surface area contributed by atoms with E-state index in [2.05, 4.69) is 49.4 Å². The third-order valence-electron chi connectivity index (χ3n) is 8.05. The first-order valence-electron chi connectivity index (χ1n) is 9.24. The number of rotatable bonds is 0. The minimum absolute atomic E-state index is 0.00273. The molecule has 2 unspecified atom stereocenters. The molecule has 7 atom stereocenters. The Kier molecular flexibility index (Phi) is 3.61. The lowest BCUT2D eigenvalue weighted by Crippen LogP contribution is -2.50. The summed E-state index contributed by atoms with van der Waals surface area (Å²) in [6, 6.07) is 0. The summed E-state index contributed by atoms with van der Waals surface area (Å²) in [4.78, 5) is 12.7. The van der Waals surface area contributed by atoms with Crippen molar-refractivity contribution >= 4 is 28.4 Å². The number of fused-ring (bicyclic) bond motifs is 5. The fourth-order valence-electron chi connectivity index (χ4n) is 6.73. The quantitative estimate of drug-likeness (QED) is 0.289. The summed E-state index contributed by atoms with van der Waals surface area (Å²) in [7, 11) is 0. The largest absolute Gasteiger partial charge is 0.299 e. The Morgan fingerprint density at radius 3 is 2.64 bits per heavy atom. The van der Waals surface area contributed by atoms with Crippen molar-refractivity contribution in [1.82, 2.24) is 0 Å². The molecule has 0 N–H and O–H groups in total. The van der Waals surface area contributed by atoms with Gasteiger partial charge in [-0.05, 0) is 68.1 Å². The van der Waals surface area contributed by atoms with Gasteiger partial charge in [-0.2, -0.15) is 0 Å². The average Bonchev–Trinajstić information content (AvgIpc) is 2.72. The molecule has 2 heteroatoms. The molecule has 0 spiro atoms. The van der Waals surface area contributed by atoms with E-state index < -0.39 is 0 Å². The van der Waals surface area contributed by atoms with E-state index in [0.29, 0.717) is 23.0 Å². The van der Waals surface area contributed by atoms with Crippen LogP contribution in [0.2, 0.25) is 0 Å². The van der Waals surface area contributed by atoms with E-state index in [4.69, 9.17) is 0 Å². The molecule has 0 aliphatic heterocycles. The first-order valence-corrected chi connectivity index (χ1v) is 10.5. The van der Waals surface area contributed by atoms with Crippen LogP contribution in [-0.4, -0.2) is 9.71 Å². The Labute approximate surface area is 148 Å². The number of carbonyl (C=O) groups excluding carboxylic acids is 1. The number of Topliss-reactive ketones (excluding diaryl/α,β-unsaturated/α-hetero) is 1. The molecule has 1 nitrogen and oxygen atoms in total. The van der Waals surface area contributed by atoms with Gasteiger partial charge in [-0.25, -0.2) is 0 Å².